The number of hydrogen-bond donors (Lipinski definition) is 1. The minimum absolute atomic E-state index is 0.156. The molecule has 1 N–H and O–H groups in total. The highest BCUT2D eigenvalue weighted by Crippen LogP contribution is 2.30. The first kappa shape index (κ1) is 18.8. The van der Waals surface area contributed by atoms with Crippen molar-refractivity contribution < 1.29 is 17.9 Å². The van der Waals surface area contributed by atoms with E-state index in [1.807, 2.05) is 24.3 Å². The molecular weight excluding hydrogens is 388 g/mol. The predicted octanol–water partition coefficient (Wildman–Crippen LogP) is 4.84. The summed E-state index contributed by atoms with van der Waals surface area (Å²) in [5, 5.41) is 1.93. The lowest BCUT2D eigenvalue weighted by Gasteiger charge is -2.11. The zero-order chi connectivity index (χ0) is 20.3. The van der Waals surface area contributed by atoms with Gasteiger partial charge in [-0.15, -0.1) is 0 Å². The molecule has 0 aliphatic heterocycles. The molecule has 0 saturated heterocycles. The van der Waals surface area contributed by atoms with Crippen LogP contribution in [0.2, 0.25) is 0 Å². The van der Waals surface area contributed by atoms with Crippen molar-refractivity contribution in [2.24, 2.45) is 0 Å². The fourth-order valence-electron chi connectivity index (χ4n) is 2.87. The maximum absolute atomic E-state index is 12.5. The lowest BCUT2D eigenvalue weighted by molar-refractivity contribution is 0.414. The summed E-state index contributed by atoms with van der Waals surface area (Å²) in [6.07, 6.45) is 3.49. The first-order valence-electron chi connectivity index (χ1n) is 8.83. The Kier molecular flexibility index (Phi) is 5.05. The summed E-state index contributed by atoms with van der Waals surface area (Å²) in [5.41, 5.74) is 0.440. The van der Waals surface area contributed by atoms with Gasteiger partial charge in [-0.2, -0.15) is 0 Å². The van der Waals surface area contributed by atoms with Gasteiger partial charge in [-0.05, 0) is 60.7 Å². The molecule has 0 spiro atoms. The molecule has 1 heterocycles. The number of nitrogens with zero attached hydrogens (tertiary/aromatic N) is 1. The third-order valence-corrected chi connectivity index (χ3v) is 5.74. The molecule has 0 aliphatic carbocycles. The molecule has 6 nitrogen and oxygen atoms in total. The van der Waals surface area contributed by atoms with Gasteiger partial charge in [-0.25, -0.2) is 8.42 Å². The van der Waals surface area contributed by atoms with Crippen LogP contribution in [0.4, 0.5) is 5.69 Å². The molecule has 0 saturated carbocycles. The van der Waals surface area contributed by atoms with E-state index in [1.54, 1.807) is 48.8 Å². The molecule has 0 radical (unpaired) electrons. The van der Waals surface area contributed by atoms with Crippen molar-refractivity contribution in [2.75, 3.05) is 11.8 Å². The molecule has 4 rings (SSSR count). The molecule has 29 heavy (non-hydrogen) atoms. The predicted molar refractivity (Wildman–Crippen MR) is 112 cm³/mol. The number of aromatic nitrogens is 1. The van der Waals surface area contributed by atoms with Gasteiger partial charge >= 0.3 is 0 Å². The zero-order valence-corrected chi connectivity index (χ0v) is 16.4. The van der Waals surface area contributed by atoms with Crippen LogP contribution in [0.3, 0.4) is 0 Å². The smallest absolute Gasteiger partial charge is 0.261 e. The Morgan fingerprint density at radius 2 is 1.59 bits per heavy atom. The Balaban J connectivity index is 1.51. The van der Waals surface area contributed by atoms with Gasteiger partial charge < -0.3 is 9.47 Å². The van der Waals surface area contributed by atoms with Crippen molar-refractivity contribution in [3.63, 3.8) is 0 Å². The SMILES string of the molecule is COc1ccc(S(=O)(=O)Nc2ccc(Oc3cccc4cnccc34)cc2)cc1. The molecule has 3 aromatic carbocycles. The van der Waals surface area contributed by atoms with Gasteiger partial charge in [-0.3, -0.25) is 9.71 Å². The average molecular weight is 406 g/mol. The highest BCUT2D eigenvalue weighted by molar-refractivity contribution is 7.92. The van der Waals surface area contributed by atoms with Crippen molar-refractivity contribution in [1.82, 2.24) is 4.98 Å². The first-order valence-corrected chi connectivity index (χ1v) is 10.3. The quantitative estimate of drug-likeness (QED) is 0.496. The maximum atomic E-state index is 12.5. The Morgan fingerprint density at radius 3 is 2.31 bits per heavy atom. The lowest BCUT2D eigenvalue weighted by atomic mass is 10.1. The molecule has 1 aromatic heterocycles. The van der Waals surface area contributed by atoms with Crippen molar-refractivity contribution in [2.45, 2.75) is 4.90 Å². The van der Waals surface area contributed by atoms with E-state index in [0.717, 1.165) is 10.8 Å². The van der Waals surface area contributed by atoms with E-state index in [9.17, 15) is 8.42 Å². The molecule has 0 fully saturated rings. The highest BCUT2D eigenvalue weighted by Gasteiger charge is 2.14. The second kappa shape index (κ2) is 7.81. The topological polar surface area (TPSA) is 77.5 Å². The first-order chi connectivity index (χ1) is 14.0. The van der Waals surface area contributed by atoms with Gasteiger partial charge in [0, 0.05) is 28.9 Å². The van der Waals surface area contributed by atoms with Gasteiger partial charge in [0.1, 0.15) is 17.2 Å². The molecule has 4 aromatic rings. The molecular formula is C22H18N2O4S. The molecule has 0 aliphatic rings. The molecule has 0 atom stereocenters. The van der Waals surface area contributed by atoms with Crippen molar-refractivity contribution in [3.8, 4) is 17.2 Å². The zero-order valence-electron chi connectivity index (χ0n) is 15.6. The number of methoxy groups -OCH3 is 1. The van der Waals surface area contributed by atoms with Crippen LogP contribution < -0.4 is 14.2 Å². The van der Waals surface area contributed by atoms with Crippen molar-refractivity contribution in [3.05, 3.63) is 85.2 Å². The number of nitrogens with one attached hydrogen (secondary N) is 1. The molecule has 7 heteroatoms. The number of sulfonamides is 1. The van der Waals surface area contributed by atoms with Crippen LogP contribution in [0.25, 0.3) is 10.8 Å². The van der Waals surface area contributed by atoms with E-state index in [2.05, 4.69) is 9.71 Å². The summed E-state index contributed by atoms with van der Waals surface area (Å²) < 4.78 is 38.7. The van der Waals surface area contributed by atoms with Crippen LogP contribution in [0.15, 0.2) is 90.1 Å². The third kappa shape index (κ3) is 4.14. The lowest BCUT2D eigenvalue weighted by Crippen LogP contribution is -2.12. The fraction of sp³-hybridized carbons (Fsp3) is 0.0455. The molecule has 0 amide bonds. The van der Waals surface area contributed by atoms with Crippen LogP contribution in [-0.2, 0) is 10.0 Å². The Hall–Kier alpha value is -3.58. The summed E-state index contributed by atoms with van der Waals surface area (Å²) in [6.45, 7) is 0. The van der Waals surface area contributed by atoms with Crippen LogP contribution in [0.1, 0.15) is 0 Å². The maximum Gasteiger partial charge on any atom is 0.261 e. The summed E-state index contributed by atoms with van der Waals surface area (Å²) in [6, 6.07) is 20.6. The van der Waals surface area contributed by atoms with Crippen molar-refractivity contribution >= 4 is 26.5 Å². The number of fused-ring (bicyclic) bond motifs is 1. The fourth-order valence-corrected chi connectivity index (χ4v) is 3.93. The minimum Gasteiger partial charge on any atom is -0.497 e. The van der Waals surface area contributed by atoms with E-state index >= 15 is 0 Å². The Bertz CT molecular complexity index is 1230. The van der Waals surface area contributed by atoms with Gasteiger partial charge in [-0.1, -0.05) is 12.1 Å². The van der Waals surface area contributed by atoms with E-state index in [1.165, 1.54) is 19.2 Å². The Labute approximate surface area is 168 Å². The number of benzene rings is 3. The third-order valence-electron chi connectivity index (χ3n) is 4.34. The average Bonchev–Trinajstić information content (AvgIpc) is 2.75. The van der Waals surface area contributed by atoms with E-state index in [4.69, 9.17) is 9.47 Å². The monoisotopic (exact) mass is 406 g/mol. The van der Waals surface area contributed by atoms with Gasteiger partial charge in [0.25, 0.3) is 10.0 Å². The van der Waals surface area contributed by atoms with E-state index < -0.39 is 10.0 Å². The van der Waals surface area contributed by atoms with Gasteiger partial charge in [0.2, 0.25) is 0 Å². The number of rotatable bonds is 6. The number of ether oxygens (including phenoxy) is 2. The van der Waals surface area contributed by atoms with Crippen molar-refractivity contribution in [1.29, 1.82) is 0 Å². The largest absolute Gasteiger partial charge is 0.497 e. The number of hydrogen-bond acceptors (Lipinski definition) is 5. The molecule has 0 bridgehead atoms. The molecule has 0 unspecified atom stereocenters. The normalized spacial score (nSPS) is 11.2. The van der Waals surface area contributed by atoms with E-state index in [0.29, 0.717) is 22.9 Å². The Morgan fingerprint density at radius 1 is 0.862 bits per heavy atom. The number of pyridine rings is 1. The van der Waals surface area contributed by atoms with Crippen LogP contribution in [0.5, 0.6) is 17.2 Å². The minimum atomic E-state index is -3.69. The van der Waals surface area contributed by atoms with Crippen LogP contribution in [-0.4, -0.2) is 20.5 Å². The number of anilines is 1. The van der Waals surface area contributed by atoms with Gasteiger partial charge in [0.15, 0.2) is 0 Å². The summed E-state index contributed by atoms with van der Waals surface area (Å²) in [5.74, 6) is 1.90. The highest BCUT2D eigenvalue weighted by atomic mass is 32.2. The van der Waals surface area contributed by atoms with E-state index in [-0.39, 0.29) is 4.90 Å². The standard InChI is InChI=1S/C22H18N2O4S/c1-27-18-9-11-20(12-10-18)29(25,26)24-17-5-7-19(8-6-17)28-22-4-2-3-16-15-23-14-13-21(16)22/h2-15,24H,1H3. The second-order valence-electron chi connectivity index (χ2n) is 6.26. The second-order valence-corrected chi connectivity index (χ2v) is 7.94. The van der Waals surface area contributed by atoms with Crippen LogP contribution in [0, 0.1) is 0 Å². The summed E-state index contributed by atoms with van der Waals surface area (Å²) in [4.78, 5) is 4.27. The molecule has 146 valence electrons. The summed E-state index contributed by atoms with van der Waals surface area (Å²) in [7, 11) is -2.16. The summed E-state index contributed by atoms with van der Waals surface area (Å²) >= 11 is 0. The van der Waals surface area contributed by atoms with Gasteiger partial charge in [0.05, 0.1) is 12.0 Å². The van der Waals surface area contributed by atoms with Crippen LogP contribution >= 0.6 is 0 Å².